The maximum absolute atomic E-state index is 5.10. The fourth-order valence-corrected chi connectivity index (χ4v) is 4.06. The first kappa shape index (κ1) is 11.3. The van der Waals surface area contributed by atoms with Crippen LogP contribution in [0.4, 0.5) is 0 Å². The van der Waals surface area contributed by atoms with Crippen LogP contribution in [-0.4, -0.2) is 6.04 Å². The SMILES string of the molecule is C[C@@H]1[C@H]2C[C@@H](C[C@H]1NCc1ccoc1)C2(C)C. The van der Waals surface area contributed by atoms with E-state index < -0.39 is 0 Å². The molecular weight excluding hydrogens is 210 g/mol. The molecule has 3 fully saturated rings. The normalized spacial score (nSPS) is 38.8. The van der Waals surface area contributed by atoms with Crippen molar-refractivity contribution in [2.75, 3.05) is 0 Å². The second-order valence-electron chi connectivity index (χ2n) is 6.57. The quantitative estimate of drug-likeness (QED) is 0.865. The topological polar surface area (TPSA) is 25.2 Å². The van der Waals surface area contributed by atoms with Gasteiger partial charge in [-0.25, -0.2) is 0 Å². The van der Waals surface area contributed by atoms with Gasteiger partial charge in [0.15, 0.2) is 0 Å². The molecule has 1 aromatic heterocycles. The van der Waals surface area contributed by atoms with E-state index in [1.807, 2.05) is 12.3 Å². The zero-order valence-electron chi connectivity index (χ0n) is 11.1. The minimum atomic E-state index is 0.591. The summed E-state index contributed by atoms with van der Waals surface area (Å²) < 4.78 is 5.10. The second-order valence-corrected chi connectivity index (χ2v) is 6.57. The lowest BCUT2D eigenvalue weighted by Gasteiger charge is -2.62. The number of furan rings is 1. The Labute approximate surface area is 104 Å². The van der Waals surface area contributed by atoms with Gasteiger partial charge in [0.25, 0.3) is 0 Å². The number of hydrogen-bond acceptors (Lipinski definition) is 2. The molecule has 3 aliphatic carbocycles. The summed E-state index contributed by atoms with van der Waals surface area (Å²) in [5, 5.41) is 3.71. The molecule has 0 unspecified atom stereocenters. The molecular formula is C15H23NO. The number of nitrogens with one attached hydrogen (secondary N) is 1. The van der Waals surface area contributed by atoms with Gasteiger partial charge in [0.05, 0.1) is 12.5 Å². The van der Waals surface area contributed by atoms with Gasteiger partial charge >= 0.3 is 0 Å². The van der Waals surface area contributed by atoms with Crippen molar-refractivity contribution in [2.24, 2.45) is 23.2 Å². The van der Waals surface area contributed by atoms with Crippen LogP contribution in [0.2, 0.25) is 0 Å². The monoisotopic (exact) mass is 233 g/mol. The third-order valence-electron chi connectivity index (χ3n) is 5.50. The van der Waals surface area contributed by atoms with Crippen LogP contribution in [0.3, 0.4) is 0 Å². The Kier molecular flexibility index (Phi) is 2.58. The fraction of sp³-hybridized carbons (Fsp3) is 0.733. The fourth-order valence-electron chi connectivity index (χ4n) is 4.06. The van der Waals surface area contributed by atoms with Crippen molar-refractivity contribution in [3.63, 3.8) is 0 Å². The van der Waals surface area contributed by atoms with E-state index in [1.54, 1.807) is 6.26 Å². The van der Waals surface area contributed by atoms with Crippen molar-refractivity contribution in [3.05, 3.63) is 24.2 Å². The molecule has 1 heterocycles. The minimum absolute atomic E-state index is 0.591. The first-order valence-corrected chi connectivity index (χ1v) is 6.83. The summed E-state index contributed by atoms with van der Waals surface area (Å²) >= 11 is 0. The van der Waals surface area contributed by atoms with Gasteiger partial charge in [-0.1, -0.05) is 20.8 Å². The van der Waals surface area contributed by atoms with Gasteiger partial charge in [0.1, 0.15) is 0 Å². The van der Waals surface area contributed by atoms with Crippen molar-refractivity contribution in [1.82, 2.24) is 5.32 Å². The van der Waals surface area contributed by atoms with Crippen LogP contribution in [-0.2, 0) is 6.54 Å². The van der Waals surface area contributed by atoms with Gasteiger partial charge in [0.2, 0.25) is 0 Å². The van der Waals surface area contributed by atoms with E-state index >= 15 is 0 Å². The van der Waals surface area contributed by atoms with Gasteiger partial charge in [-0.2, -0.15) is 0 Å². The zero-order valence-corrected chi connectivity index (χ0v) is 11.1. The molecule has 4 atom stereocenters. The van der Waals surface area contributed by atoms with Gasteiger partial charge in [-0.3, -0.25) is 0 Å². The Morgan fingerprint density at radius 3 is 2.82 bits per heavy atom. The Morgan fingerprint density at radius 2 is 2.24 bits per heavy atom. The molecule has 1 aromatic rings. The van der Waals surface area contributed by atoms with Crippen molar-refractivity contribution < 1.29 is 4.42 Å². The van der Waals surface area contributed by atoms with Crippen LogP contribution < -0.4 is 5.32 Å². The number of hydrogen-bond donors (Lipinski definition) is 1. The lowest BCUT2D eigenvalue weighted by Crippen LogP contribution is -2.59. The molecule has 94 valence electrons. The predicted octanol–water partition coefficient (Wildman–Crippen LogP) is 3.44. The summed E-state index contributed by atoms with van der Waals surface area (Å²) in [6, 6.07) is 2.74. The molecule has 1 N–H and O–H groups in total. The Bertz CT molecular complexity index is 382. The molecule has 2 nitrogen and oxygen atoms in total. The highest BCUT2D eigenvalue weighted by atomic mass is 16.3. The summed E-state index contributed by atoms with van der Waals surface area (Å²) in [6.45, 7) is 8.28. The minimum Gasteiger partial charge on any atom is -0.472 e. The summed E-state index contributed by atoms with van der Waals surface area (Å²) in [5.74, 6) is 2.66. The van der Waals surface area contributed by atoms with Crippen LogP contribution in [0.25, 0.3) is 0 Å². The van der Waals surface area contributed by atoms with Crippen molar-refractivity contribution in [3.8, 4) is 0 Å². The van der Waals surface area contributed by atoms with Crippen LogP contribution in [0.1, 0.15) is 39.2 Å². The van der Waals surface area contributed by atoms with Crippen LogP contribution in [0.5, 0.6) is 0 Å². The van der Waals surface area contributed by atoms with E-state index in [4.69, 9.17) is 4.42 Å². The van der Waals surface area contributed by atoms with Gasteiger partial charge < -0.3 is 9.73 Å². The summed E-state index contributed by atoms with van der Waals surface area (Å²) in [7, 11) is 0. The molecule has 2 bridgehead atoms. The standard InChI is InChI=1S/C15H23NO/c1-10-13-6-12(15(13,2)3)7-14(10)16-8-11-4-5-17-9-11/h4-5,9-10,12-14,16H,6-8H2,1-3H3/t10-,12+,13-,14-/m1/s1. The maximum Gasteiger partial charge on any atom is 0.0947 e. The Hall–Kier alpha value is -0.760. The number of fused-ring (bicyclic) bond motifs is 2. The lowest BCUT2D eigenvalue weighted by atomic mass is 9.45. The molecule has 4 rings (SSSR count). The van der Waals surface area contributed by atoms with E-state index in [9.17, 15) is 0 Å². The van der Waals surface area contributed by atoms with Gasteiger partial charge in [-0.05, 0) is 42.1 Å². The lowest BCUT2D eigenvalue weighted by molar-refractivity contribution is -0.115. The highest BCUT2D eigenvalue weighted by Gasteiger charge is 2.55. The second kappa shape index (κ2) is 3.88. The Balaban J connectivity index is 1.60. The predicted molar refractivity (Wildman–Crippen MR) is 68.5 cm³/mol. The molecule has 0 amide bonds. The third kappa shape index (κ3) is 1.74. The zero-order chi connectivity index (χ0) is 12.0. The van der Waals surface area contributed by atoms with Crippen molar-refractivity contribution >= 4 is 0 Å². The maximum atomic E-state index is 5.10. The average molecular weight is 233 g/mol. The highest BCUT2D eigenvalue weighted by Crippen LogP contribution is 2.61. The van der Waals surface area contributed by atoms with E-state index in [0.29, 0.717) is 11.5 Å². The molecule has 0 aromatic carbocycles. The van der Waals surface area contributed by atoms with Crippen LogP contribution in [0.15, 0.2) is 23.0 Å². The van der Waals surface area contributed by atoms with E-state index in [1.165, 1.54) is 18.4 Å². The molecule has 0 radical (unpaired) electrons. The summed E-state index contributed by atoms with van der Waals surface area (Å²) in [5.41, 5.74) is 1.85. The highest BCUT2D eigenvalue weighted by molar-refractivity contribution is 5.09. The molecule has 3 saturated carbocycles. The molecule has 2 heteroatoms. The smallest absolute Gasteiger partial charge is 0.0947 e. The average Bonchev–Trinajstić information content (AvgIpc) is 2.79. The van der Waals surface area contributed by atoms with Crippen molar-refractivity contribution in [1.29, 1.82) is 0 Å². The van der Waals surface area contributed by atoms with Crippen LogP contribution >= 0.6 is 0 Å². The third-order valence-corrected chi connectivity index (χ3v) is 5.50. The van der Waals surface area contributed by atoms with Crippen molar-refractivity contribution in [2.45, 2.75) is 46.2 Å². The van der Waals surface area contributed by atoms with Crippen LogP contribution in [0, 0.1) is 23.2 Å². The molecule has 0 aliphatic heterocycles. The van der Waals surface area contributed by atoms with E-state index in [-0.39, 0.29) is 0 Å². The molecule has 0 saturated heterocycles. The number of rotatable bonds is 3. The first-order valence-electron chi connectivity index (χ1n) is 6.83. The molecule has 0 spiro atoms. The van der Waals surface area contributed by atoms with E-state index in [2.05, 4.69) is 26.1 Å². The largest absolute Gasteiger partial charge is 0.472 e. The molecule has 17 heavy (non-hydrogen) atoms. The summed E-state index contributed by atoms with van der Waals surface area (Å²) in [6.07, 6.45) is 6.40. The Morgan fingerprint density at radius 1 is 1.41 bits per heavy atom. The van der Waals surface area contributed by atoms with Gasteiger partial charge in [-0.15, -0.1) is 0 Å². The van der Waals surface area contributed by atoms with Gasteiger partial charge in [0, 0.05) is 18.2 Å². The first-order chi connectivity index (χ1) is 8.09. The van der Waals surface area contributed by atoms with E-state index in [0.717, 1.165) is 24.3 Å². The summed E-state index contributed by atoms with van der Waals surface area (Å²) in [4.78, 5) is 0. The molecule has 3 aliphatic rings.